The van der Waals surface area contributed by atoms with Crippen molar-refractivity contribution in [3.63, 3.8) is 0 Å². The molecule has 0 aliphatic heterocycles. The van der Waals surface area contributed by atoms with Crippen LogP contribution in [0.1, 0.15) is 5.56 Å². The standard InChI is InChI=1S/C7H7Cl.C2H4ClNO/c8-6-7-4-2-1-3-5-7;3-1-2(4)5/h1-5H,6H2;1H2,(H2,4,5). The van der Waals surface area contributed by atoms with Crippen molar-refractivity contribution in [2.75, 3.05) is 5.88 Å². The van der Waals surface area contributed by atoms with Crippen LogP contribution in [0.15, 0.2) is 30.3 Å². The Kier molecular flexibility index (Phi) is 7.45. The molecule has 1 aromatic carbocycles. The van der Waals surface area contributed by atoms with Crippen molar-refractivity contribution in [1.82, 2.24) is 0 Å². The van der Waals surface area contributed by atoms with E-state index in [9.17, 15) is 4.79 Å². The summed E-state index contributed by atoms with van der Waals surface area (Å²) in [5.74, 6) is 0.0487. The molecule has 0 heterocycles. The van der Waals surface area contributed by atoms with Crippen molar-refractivity contribution in [3.05, 3.63) is 35.9 Å². The van der Waals surface area contributed by atoms with E-state index in [2.05, 4.69) is 5.73 Å². The molecule has 1 amide bonds. The van der Waals surface area contributed by atoms with Crippen molar-refractivity contribution < 1.29 is 4.79 Å². The number of halogens is 2. The number of alkyl halides is 2. The van der Waals surface area contributed by atoms with Gasteiger partial charge in [-0.15, -0.1) is 23.2 Å². The average molecular weight is 220 g/mol. The molecule has 0 aliphatic rings. The molecule has 0 radical (unpaired) electrons. The minimum absolute atomic E-state index is 0.0833. The van der Waals surface area contributed by atoms with E-state index in [1.54, 1.807) is 0 Å². The Morgan fingerprint density at radius 3 is 1.92 bits per heavy atom. The second-order valence-corrected chi connectivity index (χ2v) is 2.75. The lowest BCUT2D eigenvalue weighted by atomic mass is 10.2. The lowest BCUT2D eigenvalue weighted by molar-refractivity contribution is -0.115. The molecule has 0 aromatic heterocycles. The van der Waals surface area contributed by atoms with Gasteiger partial charge in [-0.25, -0.2) is 0 Å². The van der Waals surface area contributed by atoms with E-state index < -0.39 is 5.91 Å². The van der Waals surface area contributed by atoms with E-state index in [0.29, 0.717) is 5.88 Å². The molecule has 1 rings (SSSR count). The molecule has 2 N–H and O–H groups in total. The number of carbonyl (C=O) groups excluding carboxylic acids is 1. The zero-order valence-corrected chi connectivity index (χ0v) is 8.55. The van der Waals surface area contributed by atoms with Crippen molar-refractivity contribution in [1.29, 1.82) is 0 Å². The average Bonchev–Trinajstić information content (AvgIpc) is 2.20. The van der Waals surface area contributed by atoms with Crippen molar-refractivity contribution >= 4 is 29.1 Å². The number of primary amides is 1. The van der Waals surface area contributed by atoms with Crippen LogP contribution in [0.4, 0.5) is 0 Å². The van der Waals surface area contributed by atoms with Crippen LogP contribution in [0, 0.1) is 0 Å². The number of nitrogens with two attached hydrogens (primary N) is 1. The summed E-state index contributed by atoms with van der Waals surface area (Å²) >= 11 is 10.4. The Hall–Kier alpha value is -0.730. The minimum atomic E-state index is -0.480. The van der Waals surface area contributed by atoms with Gasteiger partial charge in [-0.05, 0) is 5.56 Å². The van der Waals surface area contributed by atoms with E-state index in [1.807, 2.05) is 30.3 Å². The summed E-state index contributed by atoms with van der Waals surface area (Å²) in [5, 5.41) is 0. The van der Waals surface area contributed by atoms with Gasteiger partial charge in [-0.3, -0.25) is 4.79 Å². The SMILES string of the molecule is ClCc1ccccc1.NC(=O)CCl. The van der Waals surface area contributed by atoms with Gasteiger partial charge >= 0.3 is 0 Å². The maximum atomic E-state index is 9.46. The number of hydrogen-bond donors (Lipinski definition) is 1. The minimum Gasteiger partial charge on any atom is -0.369 e. The van der Waals surface area contributed by atoms with Crippen molar-refractivity contribution in [3.8, 4) is 0 Å². The third-order valence-corrected chi connectivity index (χ3v) is 1.70. The molecule has 0 unspecified atom stereocenters. The first-order valence-corrected chi connectivity index (χ1v) is 4.71. The Morgan fingerprint density at radius 2 is 1.69 bits per heavy atom. The molecule has 1 aromatic rings. The highest BCUT2D eigenvalue weighted by Gasteiger charge is 1.81. The first-order valence-electron chi connectivity index (χ1n) is 3.65. The highest BCUT2D eigenvalue weighted by atomic mass is 35.5. The molecule has 0 saturated heterocycles. The summed E-state index contributed by atoms with van der Waals surface area (Å²) in [6.45, 7) is 0. The summed E-state index contributed by atoms with van der Waals surface area (Å²) in [7, 11) is 0. The molecule has 72 valence electrons. The van der Waals surface area contributed by atoms with E-state index in [4.69, 9.17) is 23.2 Å². The second kappa shape index (κ2) is 7.90. The molecular weight excluding hydrogens is 209 g/mol. The number of benzene rings is 1. The van der Waals surface area contributed by atoms with Crippen molar-refractivity contribution in [2.45, 2.75) is 5.88 Å². The van der Waals surface area contributed by atoms with Gasteiger partial charge in [0.05, 0.1) is 0 Å². The van der Waals surface area contributed by atoms with Gasteiger partial charge in [0.1, 0.15) is 5.88 Å². The first kappa shape index (κ1) is 12.3. The molecule has 0 aliphatic carbocycles. The van der Waals surface area contributed by atoms with Gasteiger partial charge in [-0.1, -0.05) is 30.3 Å². The highest BCUT2D eigenvalue weighted by molar-refractivity contribution is 6.27. The van der Waals surface area contributed by atoms with E-state index in [0.717, 1.165) is 0 Å². The number of hydrogen-bond acceptors (Lipinski definition) is 1. The zero-order chi connectivity index (χ0) is 10.1. The molecule has 0 saturated carbocycles. The van der Waals surface area contributed by atoms with Crippen LogP contribution in [-0.4, -0.2) is 11.8 Å². The summed E-state index contributed by atoms with van der Waals surface area (Å²) in [5.41, 5.74) is 5.70. The quantitative estimate of drug-likeness (QED) is 0.762. The fraction of sp³-hybridized carbons (Fsp3) is 0.222. The smallest absolute Gasteiger partial charge is 0.232 e. The number of amides is 1. The van der Waals surface area contributed by atoms with Crippen molar-refractivity contribution in [2.24, 2.45) is 5.73 Å². The van der Waals surface area contributed by atoms with E-state index in [1.165, 1.54) is 5.56 Å². The maximum absolute atomic E-state index is 9.46. The van der Waals surface area contributed by atoms with Gasteiger partial charge in [0.25, 0.3) is 0 Å². The molecule has 0 atom stereocenters. The third-order valence-electron chi connectivity index (χ3n) is 1.13. The summed E-state index contributed by atoms with van der Waals surface area (Å²) in [6.07, 6.45) is 0. The fourth-order valence-electron chi connectivity index (χ4n) is 0.567. The topological polar surface area (TPSA) is 43.1 Å². The third kappa shape index (κ3) is 7.62. The molecule has 2 nitrogen and oxygen atoms in total. The highest BCUT2D eigenvalue weighted by Crippen LogP contribution is 2.00. The van der Waals surface area contributed by atoms with Gasteiger partial charge in [-0.2, -0.15) is 0 Å². The fourth-order valence-corrected chi connectivity index (χ4v) is 0.745. The lowest BCUT2D eigenvalue weighted by Gasteiger charge is -1.88. The van der Waals surface area contributed by atoms with Crippen LogP contribution in [0.3, 0.4) is 0 Å². The van der Waals surface area contributed by atoms with Crippen LogP contribution in [0.5, 0.6) is 0 Å². The summed E-state index contributed by atoms with van der Waals surface area (Å²) in [4.78, 5) is 9.46. The van der Waals surface area contributed by atoms with Gasteiger partial charge in [0.15, 0.2) is 0 Å². The summed E-state index contributed by atoms with van der Waals surface area (Å²) in [6, 6.07) is 9.96. The maximum Gasteiger partial charge on any atom is 0.232 e. The van der Waals surface area contributed by atoms with E-state index >= 15 is 0 Å². The number of carbonyl (C=O) groups is 1. The van der Waals surface area contributed by atoms with E-state index in [-0.39, 0.29) is 5.88 Å². The Morgan fingerprint density at radius 1 is 1.23 bits per heavy atom. The normalized spacial score (nSPS) is 8.46. The molecule has 0 fully saturated rings. The molecular formula is C9H11Cl2NO. The number of rotatable bonds is 2. The molecule has 0 bridgehead atoms. The Balaban J connectivity index is 0.000000252. The lowest BCUT2D eigenvalue weighted by Crippen LogP contribution is -2.10. The molecule has 13 heavy (non-hydrogen) atoms. The van der Waals surface area contributed by atoms with Crippen LogP contribution in [0.2, 0.25) is 0 Å². The summed E-state index contributed by atoms with van der Waals surface area (Å²) < 4.78 is 0. The second-order valence-electron chi connectivity index (χ2n) is 2.22. The Labute approximate surface area is 87.6 Å². The largest absolute Gasteiger partial charge is 0.369 e. The van der Waals surface area contributed by atoms with Crippen LogP contribution in [0.25, 0.3) is 0 Å². The predicted molar refractivity (Wildman–Crippen MR) is 55.9 cm³/mol. The van der Waals surface area contributed by atoms with Crippen LogP contribution < -0.4 is 5.73 Å². The zero-order valence-electron chi connectivity index (χ0n) is 7.04. The molecule has 0 spiro atoms. The monoisotopic (exact) mass is 219 g/mol. The molecule has 4 heteroatoms. The van der Waals surface area contributed by atoms with Crippen LogP contribution in [-0.2, 0) is 10.7 Å². The predicted octanol–water partition coefficient (Wildman–Crippen LogP) is 2.14. The van der Waals surface area contributed by atoms with Gasteiger partial charge in [0, 0.05) is 5.88 Å². The van der Waals surface area contributed by atoms with Gasteiger partial charge < -0.3 is 5.73 Å². The Bertz CT molecular complexity index is 239. The first-order chi connectivity index (χ1) is 6.20. The van der Waals surface area contributed by atoms with Crippen LogP contribution >= 0.6 is 23.2 Å². The van der Waals surface area contributed by atoms with Gasteiger partial charge in [0.2, 0.25) is 5.91 Å².